The van der Waals surface area contributed by atoms with Crippen LogP contribution in [-0.4, -0.2) is 42.6 Å². The monoisotopic (exact) mass is 366 g/mol. The van der Waals surface area contributed by atoms with E-state index in [1.54, 1.807) is 0 Å². The van der Waals surface area contributed by atoms with E-state index in [0.29, 0.717) is 31.0 Å². The molecule has 1 aromatic rings. The van der Waals surface area contributed by atoms with Crippen LogP contribution in [0.1, 0.15) is 49.7 Å². The molecule has 4 nitrogen and oxygen atoms in total. The highest BCUT2D eigenvalue weighted by molar-refractivity contribution is 5.85. The fourth-order valence-corrected chi connectivity index (χ4v) is 3.94. The molecule has 25 heavy (non-hydrogen) atoms. The molecule has 2 unspecified atom stereocenters. The molecule has 0 radical (unpaired) electrons. The summed E-state index contributed by atoms with van der Waals surface area (Å²) in [4.78, 5) is 14.8. The second-order valence-corrected chi connectivity index (χ2v) is 7.25. The third-order valence-corrected chi connectivity index (χ3v) is 5.33. The van der Waals surface area contributed by atoms with E-state index in [-0.39, 0.29) is 12.4 Å². The van der Waals surface area contributed by atoms with Gasteiger partial charge in [0.2, 0.25) is 5.91 Å². The Kier molecular flexibility index (Phi) is 7.57. The molecule has 2 aliphatic rings. The Morgan fingerprint density at radius 1 is 1.20 bits per heavy atom. The maximum absolute atomic E-state index is 12.6. The van der Waals surface area contributed by atoms with Crippen molar-refractivity contribution in [2.75, 3.05) is 19.7 Å². The van der Waals surface area contributed by atoms with Crippen LogP contribution in [0, 0.1) is 13.8 Å². The first-order valence-electron chi connectivity index (χ1n) is 9.37. The van der Waals surface area contributed by atoms with Crippen LogP contribution < -0.4 is 10.1 Å². The molecule has 1 aromatic carbocycles. The standard InChI is InChI=1S/C20H30N2O2.ClH/c1-15-6-7-16(2)19(13-15)24-12-4-3-5-20(23)22-17-8-9-18(22)14-21-11-10-17;/h6-7,13,17-18,21H,3-5,8-12,14H2,1-2H3;1H. The summed E-state index contributed by atoms with van der Waals surface area (Å²) in [5.74, 6) is 1.32. The molecular formula is C20H31ClN2O2. The van der Waals surface area contributed by atoms with Crippen LogP contribution in [0.15, 0.2) is 18.2 Å². The lowest BCUT2D eigenvalue weighted by molar-refractivity contribution is -0.133. The van der Waals surface area contributed by atoms with E-state index in [1.807, 2.05) is 0 Å². The van der Waals surface area contributed by atoms with Crippen molar-refractivity contribution in [2.24, 2.45) is 0 Å². The number of carbonyl (C=O) groups is 1. The molecule has 2 aliphatic heterocycles. The first-order valence-corrected chi connectivity index (χ1v) is 9.37. The maximum Gasteiger partial charge on any atom is 0.223 e. The average molecular weight is 367 g/mol. The van der Waals surface area contributed by atoms with Gasteiger partial charge < -0.3 is 15.0 Å². The van der Waals surface area contributed by atoms with Gasteiger partial charge in [-0.3, -0.25) is 4.79 Å². The molecule has 2 saturated heterocycles. The average Bonchev–Trinajstić information content (AvgIpc) is 2.83. The third kappa shape index (κ3) is 5.11. The molecule has 3 rings (SSSR count). The van der Waals surface area contributed by atoms with E-state index in [1.165, 1.54) is 24.0 Å². The number of nitrogens with zero attached hydrogens (tertiary/aromatic N) is 1. The SMILES string of the molecule is Cc1ccc(C)c(OCCCCC(=O)N2C3CCNCC2CC3)c1.Cl. The first-order chi connectivity index (χ1) is 11.6. The number of unbranched alkanes of at least 4 members (excludes halogenated alkanes) is 1. The zero-order valence-electron chi connectivity index (χ0n) is 15.4. The van der Waals surface area contributed by atoms with E-state index < -0.39 is 0 Å². The predicted molar refractivity (Wildman–Crippen MR) is 104 cm³/mol. The quantitative estimate of drug-likeness (QED) is 0.782. The van der Waals surface area contributed by atoms with Gasteiger partial charge in [-0.1, -0.05) is 12.1 Å². The predicted octanol–water partition coefficient (Wildman–Crippen LogP) is 3.63. The van der Waals surface area contributed by atoms with Crippen LogP contribution in [0.4, 0.5) is 0 Å². The molecule has 0 aromatic heterocycles. The lowest BCUT2D eigenvalue weighted by Gasteiger charge is -2.28. The number of carbonyl (C=O) groups excluding carboxylic acids is 1. The molecule has 0 saturated carbocycles. The molecule has 0 aliphatic carbocycles. The van der Waals surface area contributed by atoms with Crippen LogP contribution in [0.5, 0.6) is 5.75 Å². The smallest absolute Gasteiger partial charge is 0.223 e. The number of hydrogen-bond acceptors (Lipinski definition) is 3. The van der Waals surface area contributed by atoms with Crippen LogP contribution in [0.2, 0.25) is 0 Å². The molecule has 2 atom stereocenters. The number of amides is 1. The normalized spacial score (nSPS) is 22.2. The van der Waals surface area contributed by atoms with Gasteiger partial charge in [-0.15, -0.1) is 12.4 Å². The minimum atomic E-state index is 0. The van der Waals surface area contributed by atoms with Gasteiger partial charge in [0.05, 0.1) is 6.61 Å². The highest BCUT2D eigenvalue weighted by Crippen LogP contribution is 2.28. The molecule has 5 heteroatoms. The van der Waals surface area contributed by atoms with Crippen molar-refractivity contribution < 1.29 is 9.53 Å². The van der Waals surface area contributed by atoms with Gasteiger partial charge in [0.15, 0.2) is 0 Å². The minimum Gasteiger partial charge on any atom is -0.493 e. The van der Waals surface area contributed by atoms with Crippen molar-refractivity contribution in [2.45, 2.75) is 64.5 Å². The van der Waals surface area contributed by atoms with Crippen molar-refractivity contribution >= 4 is 18.3 Å². The van der Waals surface area contributed by atoms with E-state index in [0.717, 1.165) is 38.1 Å². The molecule has 140 valence electrons. The number of fused-ring (bicyclic) bond motifs is 2. The van der Waals surface area contributed by atoms with E-state index in [9.17, 15) is 4.79 Å². The number of ether oxygens (including phenoxy) is 1. The Morgan fingerprint density at radius 2 is 2.00 bits per heavy atom. The molecule has 2 fully saturated rings. The topological polar surface area (TPSA) is 41.6 Å². The highest BCUT2D eigenvalue weighted by atomic mass is 35.5. The van der Waals surface area contributed by atoms with Gasteiger partial charge in [0.1, 0.15) is 5.75 Å². The largest absolute Gasteiger partial charge is 0.493 e. The van der Waals surface area contributed by atoms with Crippen molar-refractivity contribution in [3.8, 4) is 5.75 Å². The lowest BCUT2D eigenvalue weighted by Crippen LogP contribution is -2.42. The summed E-state index contributed by atoms with van der Waals surface area (Å²) >= 11 is 0. The Hall–Kier alpha value is -1.26. The summed E-state index contributed by atoms with van der Waals surface area (Å²) < 4.78 is 5.88. The molecule has 1 N–H and O–H groups in total. The number of benzene rings is 1. The number of hydrogen-bond donors (Lipinski definition) is 1. The van der Waals surface area contributed by atoms with Crippen molar-refractivity contribution in [1.29, 1.82) is 0 Å². The molecule has 2 heterocycles. The minimum absolute atomic E-state index is 0. The summed E-state index contributed by atoms with van der Waals surface area (Å²) in [6.07, 6.45) is 5.96. The number of nitrogens with one attached hydrogen (secondary N) is 1. The summed E-state index contributed by atoms with van der Waals surface area (Å²) in [5, 5.41) is 3.45. The number of aryl methyl sites for hydroxylation is 2. The maximum atomic E-state index is 12.6. The van der Waals surface area contributed by atoms with Crippen molar-refractivity contribution in [1.82, 2.24) is 10.2 Å². The van der Waals surface area contributed by atoms with Gasteiger partial charge in [0, 0.05) is 25.0 Å². The summed E-state index contributed by atoms with van der Waals surface area (Å²) in [6, 6.07) is 7.19. The van der Waals surface area contributed by atoms with Crippen molar-refractivity contribution in [3.63, 3.8) is 0 Å². The fraction of sp³-hybridized carbons (Fsp3) is 0.650. The second-order valence-electron chi connectivity index (χ2n) is 7.25. The Morgan fingerprint density at radius 3 is 2.84 bits per heavy atom. The molecule has 2 bridgehead atoms. The van der Waals surface area contributed by atoms with Gasteiger partial charge in [-0.05, 0) is 69.7 Å². The van der Waals surface area contributed by atoms with E-state index in [4.69, 9.17) is 4.74 Å². The highest BCUT2D eigenvalue weighted by Gasteiger charge is 2.37. The first kappa shape index (κ1) is 20.1. The Bertz CT molecular complexity index is 565. The molecule has 1 amide bonds. The van der Waals surface area contributed by atoms with Crippen LogP contribution in [0.3, 0.4) is 0 Å². The summed E-state index contributed by atoms with van der Waals surface area (Å²) in [5.41, 5.74) is 2.39. The van der Waals surface area contributed by atoms with Gasteiger partial charge in [0.25, 0.3) is 0 Å². The Balaban J connectivity index is 0.00000225. The van der Waals surface area contributed by atoms with Crippen LogP contribution in [0.25, 0.3) is 0 Å². The fourth-order valence-electron chi connectivity index (χ4n) is 3.94. The van der Waals surface area contributed by atoms with Gasteiger partial charge >= 0.3 is 0 Å². The zero-order valence-corrected chi connectivity index (χ0v) is 16.2. The van der Waals surface area contributed by atoms with Gasteiger partial charge in [-0.2, -0.15) is 0 Å². The summed E-state index contributed by atoms with van der Waals surface area (Å²) in [6.45, 7) is 6.86. The van der Waals surface area contributed by atoms with E-state index >= 15 is 0 Å². The summed E-state index contributed by atoms with van der Waals surface area (Å²) in [7, 11) is 0. The number of halogens is 1. The third-order valence-electron chi connectivity index (χ3n) is 5.33. The second kappa shape index (κ2) is 9.44. The Labute approximate surface area is 157 Å². The lowest BCUT2D eigenvalue weighted by atomic mass is 10.1. The van der Waals surface area contributed by atoms with Crippen LogP contribution in [-0.2, 0) is 4.79 Å². The van der Waals surface area contributed by atoms with E-state index in [2.05, 4.69) is 42.3 Å². The van der Waals surface area contributed by atoms with Gasteiger partial charge in [-0.25, -0.2) is 0 Å². The zero-order chi connectivity index (χ0) is 16.9. The molecular weight excluding hydrogens is 336 g/mol. The number of rotatable bonds is 6. The van der Waals surface area contributed by atoms with Crippen LogP contribution >= 0.6 is 12.4 Å². The molecule has 0 spiro atoms. The van der Waals surface area contributed by atoms with Crippen molar-refractivity contribution in [3.05, 3.63) is 29.3 Å².